The van der Waals surface area contributed by atoms with Crippen LogP contribution in [-0.2, 0) is 16.4 Å². The molecule has 166 valence electrons. The minimum absolute atomic E-state index is 0.0655. The molecular formula is C19H20F3N5O3S. The lowest BCUT2D eigenvalue weighted by Crippen LogP contribution is -2.32. The normalized spacial score (nSPS) is 18.4. The topological polar surface area (TPSA) is 109 Å². The van der Waals surface area contributed by atoms with E-state index in [2.05, 4.69) is 15.2 Å². The molecule has 1 aliphatic carbocycles. The average Bonchev–Trinajstić information content (AvgIpc) is 3.38. The summed E-state index contributed by atoms with van der Waals surface area (Å²) >= 11 is 0. The molecule has 1 saturated carbocycles. The van der Waals surface area contributed by atoms with Gasteiger partial charge in [-0.15, -0.1) is 0 Å². The molecule has 2 heterocycles. The minimum Gasteiger partial charge on any atom is -0.357 e. The van der Waals surface area contributed by atoms with Crippen LogP contribution in [0.25, 0.3) is 0 Å². The van der Waals surface area contributed by atoms with Gasteiger partial charge in [0.25, 0.3) is 9.84 Å². The van der Waals surface area contributed by atoms with Crippen molar-refractivity contribution >= 4 is 27.2 Å². The number of nitrogens with zero attached hydrogens (tertiary/aromatic N) is 3. The predicted octanol–water partition coefficient (Wildman–Crippen LogP) is 2.68. The van der Waals surface area contributed by atoms with Crippen molar-refractivity contribution in [3.63, 3.8) is 0 Å². The molecule has 8 nitrogen and oxygen atoms in total. The first kappa shape index (κ1) is 21.4. The number of aromatic nitrogens is 1. The van der Waals surface area contributed by atoms with Crippen molar-refractivity contribution in [1.82, 2.24) is 9.88 Å². The molecule has 1 aromatic carbocycles. The summed E-state index contributed by atoms with van der Waals surface area (Å²) in [6.07, 6.45) is 5.07. The van der Waals surface area contributed by atoms with Crippen molar-refractivity contribution in [3.8, 4) is 0 Å². The third kappa shape index (κ3) is 4.04. The molecule has 3 N–H and O–H groups in total. The highest BCUT2D eigenvalue weighted by Gasteiger charge is 2.53. The molecule has 2 fully saturated rings. The molecule has 31 heavy (non-hydrogen) atoms. The monoisotopic (exact) mass is 455 g/mol. The highest BCUT2D eigenvalue weighted by atomic mass is 32.2. The Balaban J connectivity index is 1.52. The van der Waals surface area contributed by atoms with E-state index in [9.17, 15) is 26.4 Å². The van der Waals surface area contributed by atoms with Gasteiger partial charge in [-0.2, -0.15) is 13.2 Å². The third-order valence-corrected chi connectivity index (χ3v) is 7.17. The number of nitrogens with two attached hydrogens (primary N) is 1. The van der Waals surface area contributed by atoms with Gasteiger partial charge in [0.1, 0.15) is 0 Å². The van der Waals surface area contributed by atoms with Crippen LogP contribution < -0.4 is 16.0 Å². The first-order valence-corrected chi connectivity index (χ1v) is 10.9. The predicted molar refractivity (Wildman–Crippen MR) is 107 cm³/mol. The van der Waals surface area contributed by atoms with Crippen LogP contribution in [0.2, 0.25) is 0 Å². The fraction of sp³-hybridized carbons (Fsp3) is 0.368. The van der Waals surface area contributed by atoms with E-state index in [1.54, 1.807) is 12.3 Å². The van der Waals surface area contributed by atoms with Gasteiger partial charge in [0.15, 0.2) is 0 Å². The largest absolute Gasteiger partial charge is 0.501 e. The maximum Gasteiger partial charge on any atom is 0.501 e. The van der Waals surface area contributed by atoms with Crippen molar-refractivity contribution in [1.29, 1.82) is 0 Å². The van der Waals surface area contributed by atoms with Crippen LogP contribution in [-0.4, -0.2) is 48.6 Å². The molecule has 0 unspecified atom stereocenters. The SMILES string of the molecule is NC(=O)Nc1cnccc1CN1CN(c2ccc(S(=O)(=O)C(F)(F)F)cc2)CC12CC2. The zero-order valence-electron chi connectivity index (χ0n) is 16.3. The lowest BCUT2D eigenvalue weighted by atomic mass is 10.1. The van der Waals surface area contributed by atoms with Crippen molar-refractivity contribution < 1.29 is 26.4 Å². The number of carbonyl (C=O) groups excluding carboxylic acids is 1. The number of alkyl halides is 3. The number of benzene rings is 1. The fourth-order valence-corrected chi connectivity index (χ4v) is 4.61. The second-order valence-electron chi connectivity index (χ2n) is 7.73. The van der Waals surface area contributed by atoms with Gasteiger partial charge in [-0.3, -0.25) is 9.88 Å². The summed E-state index contributed by atoms with van der Waals surface area (Å²) in [5, 5.41) is 2.56. The Morgan fingerprint density at radius 2 is 1.87 bits per heavy atom. The zero-order valence-corrected chi connectivity index (χ0v) is 17.1. The summed E-state index contributed by atoms with van der Waals surface area (Å²) in [7, 11) is -5.37. The van der Waals surface area contributed by atoms with Crippen LogP contribution in [0, 0.1) is 0 Å². The number of nitrogens with one attached hydrogen (secondary N) is 1. The smallest absolute Gasteiger partial charge is 0.357 e. The molecule has 2 aromatic rings. The number of hydrogen-bond donors (Lipinski definition) is 2. The molecule has 0 atom stereocenters. The Morgan fingerprint density at radius 1 is 1.19 bits per heavy atom. The van der Waals surface area contributed by atoms with Crippen molar-refractivity contribution in [2.45, 2.75) is 35.3 Å². The van der Waals surface area contributed by atoms with E-state index in [4.69, 9.17) is 5.73 Å². The molecular weight excluding hydrogens is 435 g/mol. The quantitative estimate of drug-likeness (QED) is 0.718. The second-order valence-corrected chi connectivity index (χ2v) is 9.67. The van der Waals surface area contributed by atoms with Gasteiger partial charge in [-0.05, 0) is 48.7 Å². The van der Waals surface area contributed by atoms with Crippen LogP contribution >= 0.6 is 0 Å². The van der Waals surface area contributed by atoms with E-state index in [1.165, 1.54) is 18.3 Å². The van der Waals surface area contributed by atoms with E-state index in [1.807, 2.05) is 4.90 Å². The first-order chi connectivity index (χ1) is 14.5. The lowest BCUT2D eigenvalue weighted by Gasteiger charge is -2.23. The Morgan fingerprint density at radius 3 is 2.45 bits per heavy atom. The first-order valence-electron chi connectivity index (χ1n) is 9.43. The highest BCUT2D eigenvalue weighted by Crippen LogP contribution is 2.48. The zero-order chi connectivity index (χ0) is 22.4. The number of sulfone groups is 1. The van der Waals surface area contributed by atoms with Crippen LogP contribution in [0.5, 0.6) is 0 Å². The number of rotatable bonds is 5. The minimum atomic E-state index is -5.37. The summed E-state index contributed by atoms with van der Waals surface area (Å²) in [5.74, 6) is 0. The molecule has 1 spiro atoms. The van der Waals surface area contributed by atoms with Crippen molar-refractivity contribution in [2.24, 2.45) is 5.73 Å². The molecule has 2 amide bonds. The molecule has 2 aliphatic rings. The summed E-state index contributed by atoms with van der Waals surface area (Å²) in [6.45, 7) is 1.70. The van der Waals surface area contributed by atoms with Gasteiger partial charge < -0.3 is 16.0 Å². The van der Waals surface area contributed by atoms with Crippen molar-refractivity contribution in [2.75, 3.05) is 23.4 Å². The van der Waals surface area contributed by atoms with E-state index in [0.29, 0.717) is 31.1 Å². The van der Waals surface area contributed by atoms with E-state index in [0.717, 1.165) is 30.5 Å². The van der Waals surface area contributed by atoms with Crippen LogP contribution in [0.3, 0.4) is 0 Å². The van der Waals surface area contributed by atoms with E-state index in [-0.39, 0.29) is 5.54 Å². The summed E-state index contributed by atoms with van der Waals surface area (Å²) in [6, 6.07) is 5.86. The maximum atomic E-state index is 12.8. The Bertz CT molecular complexity index is 1100. The molecule has 1 saturated heterocycles. The highest BCUT2D eigenvalue weighted by molar-refractivity contribution is 7.92. The van der Waals surface area contributed by atoms with E-state index >= 15 is 0 Å². The van der Waals surface area contributed by atoms with E-state index < -0.39 is 26.3 Å². The molecule has 0 radical (unpaired) electrons. The molecule has 1 aliphatic heterocycles. The van der Waals surface area contributed by atoms with Gasteiger partial charge >= 0.3 is 11.5 Å². The number of anilines is 2. The maximum absolute atomic E-state index is 12.8. The van der Waals surface area contributed by atoms with Gasteiger partial charge in [0.2, 0.25) is 0 Å². The number of hydrogen-bond acceptors (Lipinski definition) is 6. The number of carbonyl (C=O) groups is 1. The van der Waals surface area contributed by atoms with Crippen LogP contribution in [0.15, 0.2) is 47.6 Å². The Hall–Kier alpha value is -2.86. The van der Waals surface area contributed by atoms with Gasteiger partial charge in [-0.1, -0.05) is 0 Å². The molecule has 0 bridgehead atoms. The Labute approximate surface area is 176 Å². The van der Waals surface area contributed by atoms with Gasteiger partial charge in [0.05, 0.1) is 23.4 Å². The average molecular weight is 455 g/mol. The number of urea groups is 1. The second kappa shape index (κ2) is 7.38. The number of amides is 2. The summed E-state index contributed by atoms with van der Waals surface area (Å²) in [5.41, 5.74) is 1.82. The van der Waals surface area contributed by atoms with Crippen LogP contribution in [0.1, 0.15) is 18.4 Å². The van der Waals surface area contributed by atoms with Gasteiger partial charge in [0, 0.05) is 30.5 Å². The third-order valence-electron chi connectivity index (χ3n) is 5.67. The Kier molecular flexibility index (Phi) is 5.09. The number of halogens is 3. The van der Waals surface area contributed by atoms with Crippen molar-refractivity contribution in [3.05, 3.63) is 48.3 Å². The summed E-state index contributed by atoms with van der Waals surface area (Å²) < 4.78 is 61.4. The fourth-order valence-electron chi connectivity index (χ4n) is 3.85. The molecule has 12 heteroatoms. The number of primary amides is 1. The summed E-state index contributed by atoms with van der Waals surface area (Å²) in [4.78, 5) is 18.7. The lowest BCUT2D eigenvalue weighted by molar-refractivity contribution is -0.0436. The van der Waals surface area contributed by atoms with Crippen LogP contribution in [0.4, 0.5) is 29.3 Å². The van der Waals surface area contributed by atoms with Gasteiger partial charge in [-0.25, -0.2) is 13.2 Å². The molecule has 4 rings (SSSR count). The molecule has 1 aromatic heterocycles. The number of pyridine rings is 1. The standard InChI is InChI=1S/C19H20F3N5O3S/c20-19(21,22)31(29,30)15-3-1-14(2-4-15)26-11-18(6-7-18)27(12-26)10-13-5-8-24-9-16(13)25-17(23)28/h1-5,8-9H,6-7,10-12H2,(H3,23,25,28).